The fourth-order valence-electron chi connectivity index (χ4n) is 6.86. The van der Waals surface area contributed by atoms with E-state index in [2.05, 4.69) is 16.0 Å². The molecule has 1 saturated heterocycles. The summed E-state index contributed by atoms with van der Waals surface area (Å²) >= 11 is 12.2. The molecule has 1 unspecified atom stereocenters. The number of anilines is 1. The lowest BCUT2D eigenvalue weighted by Gasteiger charge is -2.40. The highest BCUT2D eigenvalue weighted by molar-refractivity contribution is 6.35. The van der Waals surface area contributed by atoms with Crippen molar-refractivity contribution >= 4 is 69.3 Å². The summed E-state index contributed by atoms with van der Waals surface area (Å²) in [5.41, 5.74) is 0.991. The van der Waals surface area contributed by atoms with Gasteiger partial charge in [0.05, 0.1) is 0 Å². The number of nitrogens with zero attached hydrogens (tertiary/aromatic N) is 1. The van der Waals surface area contributed by atoms with Crippen molar-refractivity contribution in [1.82, 2.24) is 15.5 Å². The van der Waals surface area contributed by atoms with Crippen LogP contribution in [0.15, 0.2) is 60.7 Å². The van der Waals surface area contributed by atoms with Gasteiger partial charge in [0.15, 0.2) is 0 Å². The number of halogens is 2. The summed E-state index contributed by atoms with van der Waals surface area (Å²) in [6.45, 7) is 1.15. The minimum absolute atomic E-state index is 0.0388. The molecule has 4 amide bonds. The SMILES string of the molecule is O=C(O)CC[C@@H](NC(=O)CCC(NC(=O)c1cc(Cl)cc(Cl)c1)C(=O)N1CCC2(CCCC2)CC1)C(=O)Nc1cccc2ccccc12. The molecule has 10 nitrogen and oxygen atoms in total. The number of amides is 4. The zero-order valence-electron chi connectivity index (χ0n) is 26.6. The van der Waals surface area contributed by atoms with Gasteiger partial charge in [0, 0.05) is 52.6 Å². The average molecular weight is 696 g/mol. The van der Waals surface area contributed by atoms with Crippen molar-refractivity contribution in [3.05, 3.63) is 76.3 Å². The number of likely N-dealkylation sites (tertiary alicyclic amines) is 1. The summed E-state index contributed by atoms with van der Waals surface area (Å²) < 4.78 is 0. The number of piperidine rings is 1. The van der Waals surface area contributed by atoms with Gasteiger partial charge in [-0.05, 0) is 73.6 Å². The highest BCUT2D eigenvalue weighted by Gasteiger charge is 2.39. The van der Waals surface area contributed by atoms with Crippen molar-refractivity contribution < 1.29 is 29.1 Å². The summed E-state index contributed by atoms with van der Waals surface area (Å²) in [4.78, 5) is 66.9. The van der Waals surface area contributed by atoms with E-state index >= 15 is 0 Å². The van der Waals surface area contributed by atoms with Crippen molar-refractivity contribution in [2.24, 2.45) is 5.41 Å². The number of nitrogens with one attached hydrogen (secondary N) is 3. The van der Waals surface area contributed by atoms with E-state index in [0.717, 1.165) is 23.6 Å². The molecule has 3 aromatic carbocycles. The van der Waals surface area contributed by atoms with E-state index in [0.29, 0.717) is 18.8 Å². The summed E-state index contributed by atoms with van der Waals surface area (Å²) in [5.74, 6) is -3.07. The van der Waals surface area contributed by atoms with Crippen LogP contribution in [-0.4, -0.2) is 64.8 Å². The second-order valence-corrected chi connectivity index (χ2v) is 13.7. The highest BCUT2D eigenvalue weighted by atomic mass is 35.5. The molecule has 2 fully saturated rings. The van der Waals surface area contributed by atoms with Gasteiger partial charge in [-0.25, -0.2) is 0 Å². The largest absolute Gasteiger partial charge is 0.481 e. The number of rotatable bonds is 12. The smallest absolute Gasteiger partial charge is 0.303 e. The molecule has 48 heavy (non-hydrogen) atoms. The molecular formula is C36H40Cl2N4O6. The van der Waals surface area contributed by atoms with E-state index < -0.39 is 35.8 Å². The third-order valence-electron chi connectivity index (χ3n) is 9.53. The quantitative estimate of drug-likeness (QED) is 0.178. The zero-order chi connectivity index (χ0) is 34.3. The number of benzene rings is 3. The number of carboxylic acid groups (broad SMARTS) is 1. The van der Waals surface area contributed by atoms with Crippen molar-refractivity contribution in [1.29, 1.82) is 0 Å². The normalized spacial score (nSPS) is 16.7. The lowest BCUT2D eigenvalue weighted by Crippen LogP contribution is -2.52. The standard InChI is InChI=1S/C36H40Cl2N4O6/c37-25-20-24(21-26(38)22-25)33(46)41-30(35(48)42-18-16-36(17-19-42)14-3-4-15-36)10-12-31(43)39-29(11-13-32(44)45)34(47)40-28-9-5-7-23-6-1-2-8-27(23)28/h1-2,5-9,20-22,29-30H,3-4,10-19H2,(H,39,43)(H,40,47)(H,41,46)(H,44,45)/t29-,30?/m1/s1. The Kier molecular flexibility index (Phi) is 11.6. The number of fused-ring (bicyclic) bond motifs is 1. The minimum atomic E-state index is -1.14. The van der Waals surface area contributed by atoms with E-state index in [1.54, 1.807) is 17.0 Å². The molecule has 1 heterocycles. The lowest BCUT2D eigenvalue weighted by atomic mass is 9.77. The Balaban J connectivity index is 1.27. The van der Waals surface area contributed by atoms with E-state index in [4.69, 9.17) is 23.2 Å². The first kappa shape index (κ1) is 35.2. The van der Waals surface area contributed by atoms with Gasteiger partial charge in [0.2, 0.25) is 17.7 Å². The van der Waals surface area contributed by atoms with Crippen molar-refractivity contribution in [3.63, 3.8) is 0 Å². The molecule has 0 radical (unpaired) electrons. The maximum absolute atomic E-state index is 13.8. The van der Waals surface area contributed by atoms with Crippen LogP contribution in [-0.2, 0) is 19.2 Å². The fourth-order valence-corrected chi connectivity index (χ4v) is 7.39. The molecule has 2 aliphatic rings. The highest BCUT2D eigenvalue weighted by Crippen LogP contribution is 2.46. The van der Waals surface area contributed by atoms with Gasteiger partial charge in [-0.3, -0.25) is 24.0 Å². The predicted octanol–water partition coefficient (Wildman–Crippen LogP) is 6.20. The second kappa shape index (κ2) is 15.8. The molecular weight excluding hydrogens is 655 g/mol. The summed E-state index contributed by atoms with van der Waals surface area (Å²) in [7, 11) is 0. The Hall–Kier alpha value is -4.15. The van der Waals surface area contributed by atoms with E-state index in [1.807, 2.05) is 30.3 Å². The first-order chi connectivity index (χ1) is 23.0. The summed E-state index contributed by atoms with van der Waals surface area (Å²) in [6.07, 6.45) is 5.84. The maximum Gasteiger partial charge on any atom is 0.303 e. The van der Waals surface area contributed by atoms with Gasteiger partial charge >= 0.3 is 5.97 Å². The van der Waals surface area contributed by atoms with Gasteiger partial charge in [0.1, 0.15) is 12.1 Å². The molecule has 1 spiro atoms. The Morgan fingerprint density at radius 2 is 1.44 bits per heavy atom. The van der Waals surface area contributed by atoms with Crippen LogP contribution >= 0.6 is 23.2 Å². The Bertz CT molecular complexity index is 1660. The molecule has 2 atom stereocenters. The average Bonchev–Trinajstić information content (AvgIpc) is 3.52. The summed E-state index contributed by atoms with van der Waals surface area (Å²) in [5, 5.41) is 19.8. The molecule has 3 aromatic rings. The van der Waals surface area contributed by atoms with Crippen LogP contribution in [0.2, 0.25) is 10.0 Å². The number of hydrogen-bond donors (Lipinski definition) is 4. The fraction of sp³-hybridized carbons (Fsp3) is 0.417. The van der Waals surface area contributed by atoms with Crippen molar-refractivity contribution in [2.75, 3.05) is 18.4 Å². The molecule has 254 valence electrons. The van der Waals surface area contributed by atoms with Crippen LogP contribution in [0.1, 0.15) is 74.6 Å². The molecule has 1 aliphatic heterocycles. The second-order valence-electron chi connectivity index (χ2n) is 12.8. The number of carbonyl (C=O) groups is 5. The third kappa shape index (κ3) is 9.05. The van der Waals surface area contributed by atoms with E-state index in [9.17, 15) is 29.1 Å². The molecule has 1 aliphatic carbocycles. The van der Waals surface area contributed by atoms with Crippen LogP contribution in [0.4, 0.5) is 5.69 Å². The van der Waals surface area contributed by atoms with Gasteiger partial charge in [0.25, 0.3) is 5.91 Å². The van der Waals surface area contributed by atoms with Gasteiger partial charge in [-0.1, -0.05) is 72.4 Å². The Labute approximate surface area is 289 Å². The number of carboxylic acids is 1. The summed E-state index contributed by atoms with van der Waals surface area (Å²) in [6, 6.07) is 15.1. The molecule has 12 heteroatoms. The number of carbonyl (C=O) groups excluding carboxylic acids is 4. The third-order valence-corrected chi connectivity index (χ3v) is 9.97. The minimum Gasteiger partial charge on any atom is -0.481 e. The first-order valence-electron chi connectivity index (χ1n) is 16.4. The van der Waals surface area contributed by atoms with Crippen LogP contribution < -0.4 is 16.0 Å². The van der Waals surface area contributed by atoms with E-state index in [-0.39, 0.29) is 52.6 Å². The van der Waals surface area contributed by atoms with Crippen molar-refractivity contribution in [2.45, 2.75) is 76.3 Å². The molecule has 4 N–H and O–H groups in total. The molecule has 5 rings (SSSR count). The Morgan fingerprint density at radius 1 is 0.792 bits per heavy atom. The van der Waals surface area contributed by atoms with Crippen LogP contribution in [0.25, 0.3) is 10.8 Å². The van der Waals surface area contributed by atoms with Gasteiger partial charge < -0.3 is 26.0 Å². The predicted molar refractivity (Wildman–Crippen MR) is 185 cm³/mol. The monoisotopic (exact) mass is 694 g/mol. The number of aliphatic carboxylic acids is 1. The van der Waals surface area contributed by atoms with Crippen LogP contribution in [0, 0.1) is 5.41 Å². The first-order valence-corrected chi connectivity index (χ1v) is 17.1. The zero-order valence-corrected chi connectivity index (χ0v) is 28.1. The van der Waals surface area contributed by atoms with Crippen LogP contribution in [0.3, 0.4) is 0 Å². The van der Waals surface area contributed by atoms with Gasteiger partial charge in [-0.2, -0.15) is 0 Å². The number of hydrogen-bond acceptors (Lipinski definition) is 5. The molecule has 0 bridgehead atoms. The van der Waals surface area contributed by atoms with Crippen LogP contribution in [0.5, 0.6) is 0 Å². The maximum atomic E-state index is 13.8. The Morgan fingerprint density at radius 3 is 2.12 bits per heavy atom. The van der Waals surface area contributed by atoms with Crippen molar-refractivity contribution in [3.8, 4) is 0 Å². The lowest BCUT2D eigenvalue weighted by molar-refractivity contribution is -0.138. The van der Waals surface area contributed by atoms with E-state index in [1.165, 1.54) is 43.9 Å². The topological polar surface area (TPSA) is 145 Å². The molecule has 0 aromatic heterocycles. The molecule has 1 saturated carbocycles. The van der Waals surface area contributed by atoms with Gasteiger partial charge in [-0.15, -0.1) is 0 Å².